The average Bonchev–Trinajstić information content (AvgIpc) is 2.85. The molecule has 0 saturated heterocycles. The van der Waals surface area contributed by atoms with Gasteiger partial charge in [-0.15, -0.1) is 0 Å². The number of hydrogen-bond donors (Lipinski definition) is 0. The third-order valence-corrected chi connectivity index (χ3v) is 6.18. The molecule has 1 rings (SSSR count). The van der Waals surface area contributed by atoms with E-state index in [4.69, 9.17) is 0 Å². The van der Waals surface area contributed by atoms with Crippen molar-refractivity contribution in [3.8, 4) is 0 Å². The highest BCUT2D eigenvalue weighted by molar-refractivity contribution is 5.87. The number of rotatable bonds is 6. The third-order valence-electron chi connectivity index (χ3n) is 6.18. The van der Waals surface area contributed by atoms with Gasteiger partial charge in [0, 0.05) is 5.57 Å². The van der Waals surface area contributed by atoms with E-state index in [0.717, 1.165) is 0 Å². The Morgan fingerprint density at radius 2 is 0.660 bits per heavy atom. The maximum absolute atomic E-state index is 15.1. The molecule has 0 aromatic carbocycles. The highest BCUT2D eigenvalue weighted by Crippen LogP contribution is 2.74. The predicted molar refractivity (Wildman–Crippen MR) is 89.1 cm³/mol. The van der Waals surface area contributed by atoms with E-state index in [1.165, 1.54) is 0 Å². The summed E-state index contributed by atoms with van der Waals surface area (Å²) in [5, 5.41) is 0. The van der Waals surface area contributed by atoms with Crippen LogP contribution in [0, 0.1) is 0 Å². The van der Waals surface area contributed by atoms with Crippen molar-refractivity contribution in [3.63, 3.8) is 0 Å². The summed E-state index contributed by atoms with van der Waals surface area (Å²) in [7, 11) is 0. The van der Waals surface area contributed by atoms with Crippen LogP contribution in [0.15, 0.2) is 12.2 Å². The molecule has 2 nitrogen and oxygen atoms in total. The van der Waals surface area contributed by atoms with Crippen molar-refractivity contribution in [1.29, 1.82) is 0 Å². The molecule has 0 spiro atoms. The minimum Gasteiger partial charge on any atom is -0.393 e. The maximum Gasteiger partial charge on any atom is 0.473 e. The van der Waals surface area contributed by atoms with Crippen LogP contribution in [0.1, 0.15) is 6.92 Å². The van der Waals surface area contributed by atoms with Gasteiger partial charge in [-0.3, -0.25) is 0 Å². The summed E-state index contributed by atoms with van der Waals surface area (Å²) in [4.78, 5) is 10.9. The summed E-state index contributed by atoms with van der Waals surface area (Å²) in [5.41, 5.74) is -12.4. The normalized spacial score (nSPS) is 27.3. The van der Waals surface area contributed by atoms with Crippen LogP contribution in [0.4, 0.5) is 119 Å². The summed E-state index contributed by atoms with van der Waals surface area (Å²) in [6, 6.07) is 0. The smallest absolute Gasteiger partial charge is 0.393 e. The quantitative estimate of drug-likeness (QED) is 0.153. The first kappa shape index (κ1) is 42.3. The van der Waals surface area contributed by atoms with Crippen LogP contribution in [-0.4, -0.2) is 88.8 Å². The Labute approximate surface area is 237 Å². The SMILES string of the molecule is C=C(C)C(=O)OC(F)(F)C(F)(F)C(F)(F)C(F)(F)C1(F)C(F)(F)C(F)(F)C(F)(F)C(F)(F)C(F)(F)C(F)(F)C(F)(F)C(F)(F)C1(F)F. The maximum atomic E-state index is 15.1. The molecule has 47 heavy (non-hydrogen) atoms. The molecular formula is C18H5F27O2. The summed E-state index contributed by atoms with van der Waals surface area (Å²) >= 11 is 0. The summed E-state index contributed by atoms with van der Waals surface area (Å²) < 4.78 is 381. The number of carbonyl (C=O) groups is 1. The fourth-order valence-corrected chi connectivity index (χ4v) is 3.27. The van der Waals surface area contributed by atoms with Crippen molar-refractivity contribution in [1.82, 2.24) is 0 Å². The molecule has 0 atom stereocenters. The molecule has 0 radical (unpaired) electrons. The van der Waals surface area contributed by atoms with E-state index >= 15 is 4.39 Å². The number of alkyl halides is 27. The molecule has 0 unspecified atom stereocenters. The van der Waals surface area contributed by atoms with Crippen LogP contribution in [0.3, 0.4) is 0 Å². The van der Waals surface area contributed by atoms with Gasteiger partial charge in [0.15, 0.2) is 0 Å². The minimum absolute atomic E-state index is 0.0840. The second-order valence-electron chi connectivity index (χ2n) is 9.24. The lowest BCUT2D eigenvalue weighted by Gasteiger charge is -2.53. The van der Waals surface area contributed by atoms with E-state index in [1.54, 1.807) is 0 Å². The van der Waals surface area contributed by atoms with Gasteiger partial charge in [-0.2, -0.15) is 114 Å². The van der Waals surface area contributed by atoms with Crippen molar-refractivity contribution in [3.05, 3.63) is 12.2 Å². The Balaban J connectivity index is 4.70. The van der Waals surface area contributed by atoms with Gasteiger partial charge in [0.2, 0.25) is 0 Å². The van der Waals surface area contributed by atoms with E-state index in [2.05, 4.69) is 11.3 Å². The van der Waals surface area contributed by atoms with Crippen LogP contribution < -0.4 is 0 Å². The van der Waals surface area contributed by atoms with Gasteiger partial charge in [0.25, 0.3) is 0 Å². The van der Waals surface area contributed by atoms with Gasteiger partial charge < -0.3 is 4.74 Å². The molecule has 0 aromatic heterocycles. The molecule has 0 bridgehead atoms. The predicted octanol–water partition coefficient (Wildman–Crippen LogP) is 9.04. The second-order valence-corrected chi connectivity index (χ2v) is 9.24. The minimum atomic E-state index is -10.7. The van der Waals surface area contributed by atoms with Crippen LogP contribution in [-0.2, 0) is 9.53 Å². The molecule has 1 saturated carbocycles. The Bertz CT molecular complexity index is 1220. The van der Waals surface area contributed by atoms with Crippen molar-refractivity contribution in [2.75, 3.05) is 0 Å². The first-order valence-electron chi connectivity index (χ1n) is 10.3. The lowest BCUT2D eigenvalue weighted by Crippen LogP contribution is -2.88. The molecule has 0 N–H and O–H groups in total. The lowest BCUT2D eigenvalue weighted by atomic mass is 9.70. The molecule has 0 heterocycles. The van der Waals surface area contributed by atoms with Gasteiger partial charge >= 0.3 is 88.8 Å². The summed E-state index contributed by atoms with van der Waals surface area (Å²) in [5.74, 6) is -121. The van der Waals surface area contributed by atoms with Gasteiger partial charge in [0.1, 0.15) is 0 Å². The van der Waals surface area contributed by atoms with Gasteiger partial charge in [-0.25, -0.2) is 9.18 Å². The number of esters is 1. The van der Waals surface area contributed by atoms with Crippen LogP contribution >= 0.6 is 0 Å². The van der Waals surface area contributed by atoms with E-state index in [1.807, 2.05) is 0 Å². The van der Waals surface area contributed by atoms with Crippen molar-refractivity contribution < 1.29 is 128 Å². The molecular weight excluding hydrogens is 761 g/mol. The number of hydrogen-bond acceptors (Lipinski definition) is 2. The largest absolute Gasteiger partial charge is 0.473 e. The van der Waals surface area contributed by atoms with Crippen molar-refractivity contribution in [2.45, 2.75) is 89.8 Å². The van der Waals surface area contributed by atoms with Crippen LogP contribution in [0.5, 0.6) is 0 Å². The molecule has 278 valence electrons. The zero-order valence-electron chi connectivity index (χ0n) is 20.7. The van der Waals surface area contributed by atoms with Gasteiger partial charge in [-0.05, 0) is 6.92 Å². The first-order chi connectivity index (χ1) is 19.8. The van der Waals surface area contributed by atoms with Crippen molar-refractivity contribution >= 4 is 5.97 Å². The van der Waals surface area contributed by atoms with Crippen molar-refractivity contribution in [2.24, 2.45) is 0 Å². The molecule has 0 amide bonds. The van der Waals surface area contributed by atoms with E-state index in [9.17, 15) is 119 Å². The fourth-order valence-electron chi connectivity index (χ4n) is 3.27. The van der Waals surface area contributed by atoms with Gasteiger partial charge in [0.05, 0.1) is 0 Å². The number of ether oxygens (including phenoxy) is 1. The van der Waals surface area contributed by atoms with Crippen LogP contribution in [0.25, 0.3) is 0 Å². The average molecular weight is 766 g/mol. The molecule has 1 fully saturated rings. The Kier molecular flexibility index (Phi) is 8.96. The van der Waals surface area contributed by atoms with Crippen LogP contribution in [0.2, 0.25) is 0 Å². The fraction of sp³-hybridized carbons (Fsp3) is 0.833. The Morgan fingerprint density at radius 3 is 0.872 bits per heavy atom. The Hall–Kier alpha value is -2.68. The molecule has 0 aromatic rings. The standard InChI is InChI=1S/C18H5F27O2/c1-3(2)4(46)47-18(44,45)17(42,43)11(30,31)8(24,25)5(19)6(20,21)9(26,27)12(32,33)14(36,37)16(40,41)15(38,39)13(34,35)10(28,29)7(5,22)23/h1H2,2H3. The van der Waals surface area contributed by atoms with E-state index < -0.39 is 94.4 Å². The van der Waals surface area contributed by atoms with E-state index in [-0.39, 0.29) is 6.92 Å². The second kappa shape index (κ2) is 9.95. The topological polar surface area (TPSA) is 26.3 Å². The molecule has 29 heteroatoms. The number of carbonyl (C=O) groups excluding carboxylic acids is 1. The summed E-state index contributed by atoms with van der Waals surface area (Å²) in [6.45, 7) is 2.34. The molecule has 1 aliphatic carbocycles. The molecule has 1 aliphatic rings. The molecule has 0 aliphatic heterocycles. The zero-order chi connectivity index (χ0) is 38.9. The lowest BCUT2D eigenvalue weighted by molar-refractivity contribution is -0.520. The van der Waals surface area contributed by atoms with Gasteiger partial charge in [-0.1, -0.05) is 6.58 Å². The highest BCUT2D eigenvalue weighted by atomic mass is 19.4. The Morgan fingerprint density at radius 1 is 0.447 bits per heavy atom. The highest BCUT2D eigenvalue weighted by Gasteiger charge is 3.07. The monoisotopic (exact) mass is 766 g/mol. The zero-order valence-corrected chi connectivity index (χ0v) is 20.7. The number of halogens is 27. The first-order valence-corrected chi connectivity index (χ1v) is 10.3. The third kappa shape index (κ3) is 4.22. The van der Waals surface area contributed by atoms with E-state index in [0.29, 0.717) is 0 Å². The summed E-state index contributed by atoms with van der Waals surface area (Å²) in [6.07, 6.45) is -7.98.